The van der Waals surface area contributed by atoms with Crippen molar-refractivity contribution in [2.45, 2.75) is 24.6 Å². The van der Waals surface area contributed by atoms with Gasteiger partial charge in [-0.2, -0.15) is 0 Å². The Bertz CT molecular complexity index is 132. The summed E-state index contributed by atoms with van der Waals surface area (Å²) in [6.07, 6.45) is -2.62. The molecule has 66 valence electrons. The van der Waals surface area contributed by atoms with Crippen LogP contribution in [-0.4, -0.2) is 46.4 Å². The van der Waals surface area contributed by atoms with Crippen LogP contribution in [0.3, 0.4) is 0 Å². The van der Waals surface area contributed by atoms with Gasteiger partial charge in [-0.15, -0.1) is 0 Å². The van der Waals surface area contributed by atoms with Crippen molar-refractivity contribution in [3.63, 3.8) is 0 Å². The van der Waals surface area contributed by atoms with Crippen LogP contribution in [-0.2, 0) is 9.47 Å². The smallest absolute Gasteiger partial charge is 0.183 e. The molecule has 2 N–H and O–H groups in total. The van der Waals surface area contributed by atoms with E-state index in [0.717, 1.165) is 0 Å². The van der Waals surface area contributed by atoms with Crippen molar-refractivity contribution in [2.75, 3.05) is 11.5 Å². The number of aliphatic hydroxyl groups excluding tert-OH is 2. The number of hydrogen-bond donors (Lipinski definition) is 2. The number of rotatable bonds is 2. The molecular formula is C6H11IO4. The molecule has 4 atom stereocenters. The SMILES string of the molecule is COC1C(CI)OC(O)C1O. The lowest BCUT2D eigenvalue weighted by molar-refractivity contribution is -0.123. The fourth-order valence-corrected chi connectivity index (χ4v) is 1.84. The lowest BCUT2D eigenvalue weighted by Gasteiger charge is -2.15. The summed E-state index contributed by atoms with van der Waals surface area (Å²) in [5, 5.41) is 18.3. The van der Waals surface area contributed by atoms with Crippen molar-refractivity contribution in [1.29, 1.82) is 0 Å². The van der Waals surface area contributed by atoms with Crippen molar-refractivity contribution in [3.8, 4) is 0 Å². The third-order valence-corrected chi connectivity index (χ3v) is 2.60. The van der Waals surface area contributed by atoms with Crippen LogP contribution in [0.1, 0.15) is 0 Å². The van der Waals surface area contributed by atoms with E-state index >= 15 is 0 Å². The normalized spacial score (nSPS) is 44.7. The molecule has 0 amide bonds. The van der Waals surface area contributed by atoms with E-state index < -0.39 is 18.5 Å². The molecule has 0 aromatic heterocycles. The van der Waals surface area contributed by atoms with E-state index in [0.29, 0.717) is 4.43 Å². The summed E-state index contributed by atoms with van der Waals surface area (Å²) in [4.78, 5) is 0. The van der Waals surface area contributed by atoms with Crippen molar-refractivity contribution in [1.82, 2.24) is 0 Å². The summed E-state index contributed by atoms with van der Waals surface area (Å²) in [5.74, 6) is 0. The average Bonchev–Trinajstić information content (AvgIpc) is 2.28. The van der Waals surface area contributed by atoms with Crippen LogP contribution in [0.5, 0.6) is 0 Å². The van der Waals surface area contributed by atoms with E-state index in [-0.39, 0.29) is 6.10 Å². The summed E-state index contributed by atoms with van der Waals surface area (Å²) in [6, 6.07) is 0. The highest BCUT2D eigenvalue weighted by Crippen LogP contribution is 2.23. The number of ether oxygens (including phenoxy) is 2. The van der Waals surface area contributed by atoms with Crippen LogP contribution in [0, 0.1) is 0 Å². The third-order valence-electron chi connectivity index (χ3n) is 1.73. The van der Waals surface area contributed by atoms with E-state index in [1.165, 1.54) is 7.11 Å². The summed E-state index contributed by atoms with van der Waals surface area (Å²) in [6.45, 7) is 0. The highest BCUT2D eigenvalue weighted by atomic mass is 127. The van der Waals surface area contributed by atoms with Gasteiger partial charge < -0.3 is 19.7 Å². The summed E-state index contributed by atoms with van der Waals surface area (Å²) < 4.78 is 10.7. The van der Waals surface area contributed by atoms with E-state index in [1.807, 2.05) is 0 Å². The minimum atomic E-state index is -1.10. The third kappa shape index (κ3) is 1.83. The number of halogens is 1. The molecule has 0 radical (unpaired) electrons. The van der Waals surface area contributed by atoms with Crippen LogP contribution in [0.15, 0.2) is 0 Å². The number of hydrogen-bond acceptors (Lipinski definition) is 4. The lowest BCUT2D eigenvalue weighted by Crippen LogP contribution is -2.34. The fraction of sp³-hybridized carbons (Fsp3) is 1.00. The quantitative estimate of drug-likeness (QED) is 0.527. The first-order chi connectivity index (χ1) is 5.20. The van der Waals surface area contributed by atoms with Gasteiger partial charge in [0.15, 0.2) is 6.29 Å². The number of alkyl halides is 1. The second-order valence-corrected chi connectivity index (χ2v) is 3.29. The molecule has 4 nitrogen and oxygen atoms in total. The first kappa shape index (κ1) is 9.66. The molecule has 1 aliphatic heterocycles. The van der Waals surface area contributed by atoms with Crippen molar-refractivity contribution < 1.29 is 19.7 Å². The van der Waals surface area contributed by atoms with Gasteiger partial charge in [-0.3, -0.25) is 0 Å². The second-order valence-electron chi connectivity index (χ2n) is 2.41. The highest BCUT2D eigenvalue weighted by Gasteiger charge is 2.42. The predicted octanol–water partition coefficient (Wildman–Crippen LogP) is -0.486. The Morgan fingerprint density at radius 3 is 2.55 bits per heavy atom. The van der Waals surface area contributed by atoms with E-state index in [9.17, 15) is 5.11 Å². The zero-order valence-electron chi connectivity index (χ0n) is 6.11. The summed E-state index contributed by atoms with van der Waals surface area (Å²) in [5.41, 5.74) is 0. The fourth-order valence-electron chi connectivity index (χ4n) is 1.13. The minimum Gasteiger partial charge on any atom is -0.385 e. The number of methoxy groups -OCH3 is 1. The van der Waals surface area contributed by atoms with Crippen LogP contribution < -0.4 is 0 Å². The zero-order valence-corrected chi connectivity index (χ0v) is 8.26. The van der Waals surface area contributed by atoms with Crippen LogP contribution >= 0.6 is 22.6 Å². The molecule has 1 rings (SSSR count). The van der Waals surface area contributed by atoms with Gasteiger partial charge >= 0.3 is 0 Å². The van der Waals surface area contributed by atoms with Crippen LogP contribution in [0.2, 0.25) is 0 Å². The predicted molar refractivity (Wildman–Crippen MR) is 46.6 cm³/mol. The first-order valence-electron chi connectivity index (χ1n) is 3.31. The van der Waals surface area contributed by atoms with Gasteiger partial charge in [-0.25, -0.2) is 0 Å². The molecule has 1 saturated heterocycles. The number of aliphatic hydroxyl groups is 2. The molecular weight excluding hydrogens is 263 g/mol. The van der Waals surface area contributed by atoms with Gasteiger partial charge in [-0.1, -0.05) is 22.6 Å². The summed E-state index contributed by atoms with van der Waals surface area (Å²) in [7, 11) is 1.49. The Morgan fingerprint density at radius 1 is 1.55 bits per heavy atom. The minimum absolute atomic E-state index is 0.203. The average molecular weight is 274 g/mol. The Morgan fingerprint density at radius 2 is 2.18 bits per heavy atom. The van der Waals surface area contributed by atoms with E-state index in [2.05, 4.69) is 22.6 Å². The first-order valence-corrected chi connectivity index (χ1v) is 4.83. The molecule has 0 bridgehead atoms. The molecule has 5 heteroatoms. The Labute approximate surface area is 78.6 Å². The Kier molecular flexibility index (Phi) is 3.51. The molecule has 0 aromatic carbocycles. The lowest BCUT2D eigenvalue weighted by atomic mass is 10.1. The maximum atomic E-state index is 9.26. The maximum absolute atomic E-state index is 9.26. The highest BCUT2D eigenvalue weighted by molar-refractivity contribution is 14.1. The van der Waals surface area contributed by atoms with Crippen LogP contribution in [0.25, 0.3) is 0 Å². The largest absolute Gasteiger partial charge is 0.385 e. The molecule has 0 spiro atoms. The van der Waals surface area contributed by atoms with Gasteiger partial charge in [0.1, 0.15) is 12.2 Å². The molecule has 0 aliphatic carbocycles. The monoisotopic (exact) mass is 274 g/mol. The molecule has 0 aromatic rings. The maximum Gasteiger partial charge on any atom is 0.183 e. The molecule has 11 heavy (non-hydrogen) atoms. The van der Waals surface area contributed by atoms with E-state index in [1.54, 1.807) is 0 Å². The standard InChI is InChI=1S/C6H11IO4/c1-10-5-3(2-7)11-6(9)4(5)8/h3-6,8-9H,2H2,1H3. The van der Waals surface area contributed by atoms with Crippen molar-refractivity contribution in [3.05, 3.63) is 0 Å². The van der Waals surface area contributed by atoms with Gasteiger partial charge in [0.05, 0.1) is 6.10 Å². The van der Waals surface area contributed by atoms with Gasteiger partial charge in [0.2, 0.25) is 0 Å². The van der Waals surface area contributed by atoms with Crippen LogP contribution in [0.4, 0.5) is 0 Å². The molecule has 1 aliphatic rings. The van der Waals surface area contributed by atoms with Gasteiger partial charge in [0.25, 0.3) is 0 Å². The molecule has 1 fully saturated rings. The van der Waals surface area contributed by atoms with E-state index in [4.69, 9.17) is 14.6 Å². The Balaban J connectivity index is 2.57. The molecule has 0 saturated carbocycles. The summed E-state index contributed by atoms with van der Waals surface area (Å²) >= 11 is 2.12. The molecule has 1 heterocycles. The van der Waals surface area contributed by atoms with Crippen molar-refractivity contribution in [2.24, 2.45) is 0 Å². The van der Waals surface area contributed by atoms with Gasteiger partial charge in [-0.05, 0) is 0 Å². The van der Waals surface area contributed by atoms with Crippen molar-refractivity contribution >= 4 is 22.6 Å². The molecule has 4 unspecified atom stereocenters. The van der Waals surface area contributed by atoms with Gasteiger partial charge in [0, 0.05) is 11.5 Å². The zero-order chi connectivity index (χ0) is 8.43. The topological polar surface area (TPSA) is 58.9 Å². The second kappa shape index (κ2) is 3.99. The Hall–Kier alpha value is 0.570.